The van der Waals surface area contributed by atoms with Gasteiger partial charge < -0.3 is 10.2 Å². The Labute approximate surface area is 263 Å². The van der Waals surface area contributed by atoms with Gasteiger partial charge in [-0.15, -0.1) is 0 Å². The van der Waals surface area contributed by atoms with Crippen molar-refractivity contribution in [3.8, 4) is 0 Å². The number of amides is 2. The minimum absolute atomic E-state index is 0.00171. The summed E-state index contributed by atoms with van der Waals surface area (Å²) in [5.41, 5.74) is 2.47. The monoisotopic (exact) mass is 635 g/mol. The molecule has 0 saturated carbocycles. The van der Waals surface area contributed by atoms with Gasteiger partial charge in [-0.25, -0.2) is 12.8 Å². The van der Waals surface area contributed by atoms with E-state index in [0.29, 0.717) is 23.6 Å². The summed E-state index contributed by atoms with van der Waals surface area (Å²) >= 11 is 6.26. The Balaban J connectivity index is 1.79. The maximum atomic E-state index is 14.4. The molecule has 1 unspecified atom stereocenters. The van der Waals surface area contributed by atoms with Crippen molar-refractivity contribution in [1.82, 2.24) is 10.2 Å². The van der Waals surface area contributed by atoms with Gasteiger partial charge in [0.05, 0.1) is 10.6 Å². The van der Waals surface area contributed by atoms with Crippen LogP contribution in [0.4, 0.5) is 10.1 Å². The van der Waals surface area contributed by atoms with Crippen molar-refractivity contribution in [3.05, 3.63) is 131 Å². The molecule has 0 aliphatic heterocycles. The molecule has 44 heavy (non-hydrogen) atoms. The molecule has 0 aliphatic carbocycles. The van der Waals surface area contributed by atoms with Gasteiger partial charge in [-0.05, 0) is 73.0 Å². The molecule has 1 N–H and O–H groups in total. The molecule has 0 aromatic heterocycles. The lowest BCUT2D eigenvalue weighted by molar-refractivity contribution is -0.140. The number of nitrogens with zero attached hydrogens (tertiary/aromatic N) is 2. The van der Waals surface area contributed by atoms with Crippen molar-refractivity contribution >= 4 is 39.1 Å². The standard InChI is InChI=1S/C34H35ClFN3O4S/c1-3-20-37-34(41)32(22-26-8-5-4-6-9-26)38(23-27-10-7-11-28(35)21-27)33(40)24-39(30-16-14-29(36)15-17-30)44(42,43)31-18-12-25(2)13-19-31/h4-19,21,32H,3,20,22-24H2,1-2H3,(H,37,41). The van der Waals surface area contributed by atoms with Crippen molar-refractivity contribution in [1.29, 1.82) is 0 Å². The second-order valence-electron chi connectivity index (χ2n) is 10.4. The number of anilines is 1. The Kier molecular flexibility index (Phi) is 11.1. The quantitative estimate of drug-likeness (QED) is 0.191. The predicted molar refractivity (Wildman–Crippen MR) is 171 cm³/mol. The predicted octanol–water partition coefficient (Wildman–Crippen LogP) is 6.15. The maximum Gasteiger partial charge on any atom is 0.264 e. The molecular formula is C34H35ClFN3O4S. The van der Waals surface area contributed by atoms with Gasteiger partial charge in [0.25, 0.3) is 10.0 Å². The van der Waals surface area contributed by atoms with Crippen LogP contribution in [0.1, 0.15) is 30.0 Å². The summed E-state index contributed by atoms with van der Waals surface area (Å²) in [6, 6.07) is 26.4. The van der Waals surface area contributed by atoms with Crippen molar-refractivity contribution in [2.75, 3.05) is 17.4 Å². The number of carbonyl (C=O) groups excluding carboxylic acids is 2. The topological polar surface area (TPSA) is 86.8 Å². The zero-order valence-electron chi connectivity index (χ0n) is 24.6. The molecule has 10 heteroatoms. The molecule has 0 radical (unpaired) electrons. The van der Waals surface area contributed by atoms with Crippen LogP contribution < -0.4 is 9.62 Å². The highest BCUT2D eigenvalue weighted by Gasteiger charge is 2.34. The smallest absolute Gasteiger partial charge is 0.264 e. The van der Waals surface area contributed by atoms with Gasteiger partial charge in [0.1, 0.15) is 18.4 Å². The number of carbonyl (C=O) groups is 2. The van der Waals surface area contributed by atoms with E-state index in [9.17, 15) is 22.4 Å². The molecule has 0 bridgehead atoms. The molecular weight excluding hydrogens is 601 g/mol. The number of nitrogens with one attached hydrogen (secondary N) is 1. The highest BCUT2D eigenvalue weighted by molar-refractivity contribution is 7.92. The average molecular weight is 636 g/mol. The fraction of sp³-hybridized carbons (Fsp3) is 0.235. The van der Waals surface area contributed by atoms with Crippen LogP contribution in [-0.4, -0.2) is 44.3 Å². The number of sulfonamides is 1. The fourth-order valence-electron chi connectivity index (χ4n) is 4.73. The molecule has 0 saturated heterocycles. The number of benzene rings is 4. The van der Waals surface area contributed by atoms with E-state index in [-0.39, 0.29) is 29.5 Å². The van der Waals surface area contributed by atoms with Gasteiger partial charge in [0.2, 0.25) is 11.8 Å². The van der Waals surface area contributed by atoms with Crippen molar-refractivity contribution in [3.63, 3.8) is 0 Å². The lowest BCUT2D eigenvalue weighted by Crippen LogP contribution is -2.53. The number of rotatable bonds is 13. The molecule has 4 aromatic carbocycles. The summed E-state index contributed by atoms with van der Waals surface area (Å²) in [4.78, 5) is 29.4. The summed E-state index contributed by atoms with van der Waals surface area (Å²) in [5.74, 6) is -1.52. The molecule has 0 spiro atoms. The van der Waals surface area contributed by atoms with Gasteiger partial charge in [-0.3, -0.25) is 13.9 Å². The van der Waals surface area contributed by atoms with Crippen LogP contribution in [-0.2, 0) is 32.6 Å². The van der Waals surface area contributed by atoms with Crippen LogP contribution in [0.5, 0.6) is 0 Å². The van der Waals surface area contributed by atoms with E-state index in [1.54, 1.807) is 36.4 Å². The first-order valence-electron chi connectivity index (χ1n) is 14.3. The lowest BCUT2D eigenvalue weighted by Gasteiger charge is -2.34. The summed E-state index contributed by atoms with van der Waals surface area (Å²) in [6.45, 7) is 3.54. The Hall–Kier alpha value is -4.21. The third-order valence-electron chi connectivity index (χ3n) is 7.06. The Morgan fingerprint density at radius 3 is 2.18 bits per heavy atom. The normalized spacial score (nSPS) is 11.9. The van der Waals surface area contributed by atoms with E-state index in [4.69, 9.17) is 11.6 Å². The van der Waals surface area contributed by atoms with Crippen molar-refractivity contribution in [2.24, 2.45) is 0 Å². The summed E-state index contributed by atoms with van der Waals surface area (Å²) in [7, 11) is -4.27. The zero-order chi connectivity index (χ0) is 31.7. The Morgan fingerprint density at radius 2 is 1.55 bits per heavy atom. The van der Waals surface area contributed by atoms with Gasteiger partial charge in [-0.1, -0.05) is 78.7 Å². The average Bonchev–Trinajstić information content (AvgIpc) is 3.01. The van der Waals surface area contributed by atoms with Crippen LogP contribution in [0.15, 0.2) is 108 Å². The van der Waals surface area contributed by atoms with E-state index in [0.717, 1.165) is 27.6 Å². The molecule has 1 atom stereocenters. The highest BCUT2D eigenvalue weighted by Crippen LogP contribution is 2.26. The largest absolute Gasteiger partial charge is 0.354 e. The summed E-state index contributed by atoms with van der Waals surface area (Å²) in [6.07, 6.45) is 0.892. The van der Waals surface area contributed by atoms with Gasteiger partial charge in [0.15, 0.2) is 0 Å². The van der Waals surface area contributed by atoms with Gasteiger partial charge in [0, 0.05) is 24.5 Å². The molecule has 7 nitrogen and oxygen atoms in total. The van der Waals surface area contributed by atoms with Crippen LogP contribution >= 0.6 is 11.6 Å². The molecule has 2 amide bonds. The van der Waals surface area contributed by atoms with E-state index in [2.05, 4.69) is 5.32 Å². The molecule has 4 aromatic rings. The minimum atomic E-state index is -4.27. The van der Waals surface area contributed by atoms with Gasteiger partial charge in [-0.2, -0.15) is 0 Å². The molecule has 4 rings (SSSR count). The fourth-order valence-corrected chi connectivity index (χ4v) is 6.35. The molecule has 0 aliphatic rings. The second kappa shape index (κ2) is 15.0. The zero-order valence-corrected chi connectivity index (χ0v) is 26.2. The molecule has 230 valence electrons. The Bertz CT molecular complexity index is 1670. The first-order chi connectivity index (χ1) is 21.1. The molecule has 0 heterocycles. The SMILES string of the molecule is CCCNC(=O)C(Cc1ccccc1)N(Cc1cccc(Cl)c1)C(=O)CN(c1ccc(F)cc1)S(=O)(=O)c1ccc(C)cc1. The third kappa shape index (κ3) is 8.45. The van der Waals surface area contributed by atoms with Crippen LogP contribution in [0, 0.1) is 12.7 Å². The van der Waals surface area contributed by atoms with E-state index < -0.39 is 34.3 Å². The van der Waals surface area contributed by atoms with Crippen molar-refractivity contribution in [2.45, 2.75) is 44.2 Å². The minimum Gasteiger partial charge on any atom is -0.354 e. The molecule has 0 fully saturated rings. The van der Waals surface area contributed by atoms with Crippen molar-refractivity contribution < 1.29 is 22.4 Å². The first-order valence-corrected chi connectivity index (χ1v) is 16.1. The first kappa shape index (κ1) is 32.7. The van der Waals surface area contributed by atoms with Crippen LogP contribution in [0.3, 0.4) is 0 Å². The summed E-state index contributed by atoms with van der Waals surface area (Å²) < 4.78 is 42.8. The summed E-state index contributed by atoms with van der Waals surface area (Å²) in [5, 5.41) is 3.36. The van der Waals surface area contributed by atoms with Gasteiger partial charge >= 0.3 is 0 Å². The van der Waals surface area contributed by atoms with Crippen LogP contribution in [0.25, 0.3) is 0 Å². The number of hydrogen-bond donors (Lipinski definition) is 1. The number of hydrogen-bond acceptors (Lipinski definition) is 4. The number of aryl methyl sites for hydroxylation is 1. The Morgan fingerprint density at radius 1 is 0.886 bits per heavy atom. The van der Waals surface area contributed by atoms with E-state index >= 15 is 0 Å². The second-order valence-corrected chi connectivity index (χ2v) is 12.7. The third-order valence-corrected chi connectivity index (χ3v) is 9.09. The maximum absolute atomic E-state index is 14.4. The van der Waals surface area contributed by atoms with E-state index in [1.165, 1.54) is 29.2 Å². The number of halogens is 2. The van der Waals surface area contributed by atoms with Crippen LogP contribution in [0.2, 0.25) is 5.02 Å². The lowest BCUT2D eigenvalue weighted by atomic mass is 10.0. The van der Waals surface area contributed by atoms with E-state index in [1.807, 2.05) is 44.2 Å². The highest BCUT2D eigenvalue weighted by atomic mass is 35.5.